The Balaban J connectivity index is 1.84. The largest absolute Gasteiger partial charge is 0.380 e. The summed E-state index contributed by atoms with van der Waals surface area (Å²) in [5, 5.41) is 3.18. The normalized spacial score (nSPS) is 17.6. The van der Waals surface area contributed by atoms with Gasteiger partial charge >= 0.3 is 0 Å². The highest BCUT2D eigenvalue weighted by atomic mass is 16.5. The van der Waals surface area contributed by atoms with E-state index >= 15 is 0 Å². The van der Waals surface area contributed by atoms with Gasteiger partial charge in [0.2, 0.25) is 0 Å². The number of benzene rings is 1. The maximum atomic E-state index is 5.48. The molecule has 0 aromatic heterocycles. The SMILES string of the molecule is CNCCc1ccc(CN2CCCOCC2)cc1. The second-order valence-corrected chi connectivity index (χ2v) is 4.91. The highest BCUT2D eigenvalue weighted by Crippen LogP contribution is 2.09. The quantitative estimate of drug-likeness (QED) is 0.858. The van der Waals surface area contributed by atoms with Gasteiger partial charge in [0.15, 0.2) is 0 Å². The Morgan fingerprint density at radius 3 is 2.67 bits per heavy atom. The standard InChI is InChI=1S/C15H24N2O/c1-16-8-7-14-3-5-15(6-4-14)13-17-9-2-11-18-12-10-17/h3-6,16H,2,7-13H2,1H3. The van der Waals surface area contributed by atoms with Gasteiger partial charge in [0.25, 0.3) is 0 Å². The molecule has 1 aromatic carbocycles. The van der Waals surface area contributed by atoms with Crippen molar-refractivity contribution >= 4 is 0 Å². The Morgan fingerprint density at radius 2 is 1.89 bits per heavy atom. The van der Waals surface area contributed by atoms with E-state index in [-0.39, 0.29) is 0 Å². The van der Waals surface area contributed by atoms with Crippen molar-refractivity contribution in [2.24, 2.45) is 0 Å². The number of nitrogens with one attached hydrogen (secondary N) is 1. The van der Waals surface area contributed by atoms with Crippen LogP contribution in [0.2, 0.25) is 0 Å². The summed E-state index contributed by atoms with van der Waals surface area (Å²) in [5.41, 5.74) is 2.82. The van der Waals surface area contributed by atoms with Crippen LogP contribution in [0.5, 0.6) is 0 Å². The highest BCUT2D eigenvalue weighted by molar-refractivity contribution is 5.22. The smallest absolute Gasteiger partial charge is 0.0593 e. The van der Waals surface area contributed by atoms with Crippen LogP contribution in [0.3, 0.4) is 0 Å². The third-order valence-electron chi connectivity index (χ3n) is 3.41. The molecule has 1 N–H and O–H groups in total. The van der Waals surface area contributed by atoms with E-state index in [1.165, 1.54) is 11.1 Å². The Hall–Kier alpha value is -0.900. The van der Waals surface area contributed by atoms with Crippen LogP contribution in [0, 0.1) is 0 Å². The average Bonchev–Trinajstić information content (AvgIpc) is 2.67. The van der Waals surface area contributed by atoms with Crippen molar-refractivity contribution in [3.63, 3.8) is 0 Å². The van der Waals surface area contributed by atoms with Gasteiger partial charge in [0, 0.05) is 26.2 Å². The van der Waals surface area contributed by atoms with Gasteiger partial charge in [-0.05, 0) is 37.6 Å². The molecule has 0 atom stereocenters. The van der Waals surface area contributed by atoms with E-state index in [9.17, 15) is 0 Å². The fourth-order valence-corrected chi connectivity index (χ4v) is 2.29. The van der Waals surface area contributed by atoms with Gasteiger partial charge in [-0.2, -0.15) is 0 Å². The lowest BCUT2D eigenvalue weighted by Gasteiger charge is -2.19. The minimum atomic E-state index is 0.875. The highest BCUT2D eigenvalue weighted by Gasteiger charge is 2.09. The van der Waals surface area contributed by atoms with E-state index in [1.807, 2.05) is 7.05 Å². The fraction of sp³-hybridized carbons (Fsp3) is 0.600. The van der Waals surface area contributed by atoms with Gasteiger partial charge in [-0.1, -0.05) is 24.3 Å². The summed E-state index contributed by atoms with van der Waals surface area (Å²) in [6.45, 7) is 6.10. The number of hydrogen-bond donors (Lipinski definition) is 1. The lowest BCUT2D eigenvalue weighted by Crippen LogP contribution is -2.25. The van der Waals surface area contributed by atoms with Crippen LogP contribution in [-0.4, -0.2) is 44.8 Å². The van der Waals surface area contributed by atoms with Gasteiger partial charge in [0.1, 0.15) is 0 Å². The molecule has 0 spiro atoms. The van der Waals surface area contributed by atoms with Crippen LogP contribution >= 0.6 is 0 Å². The molecule has 0 unspecified atom stereocenters. The molecule has 100 valence electrons. The predicted molar refractivity (Wildman–Crippen MR) is 74.8 cm³/mol. The van der Waals surface area contributed by atoms with Crippen LogP contribution in [0.25, 0.3) is 0 Å². The molecule has 0 radical (unpaired) electrons. The second kappa shape index (κ2) is 7.52. The topological polar surface area (TPSA) is 24.5 Å². The van der Waals surface area contributed by atoms with Gasteiger partial charge in [0.05, 0.1) is 6.61 Å². The third-order valence-corrected chi connectivity index (χ3v) is 3.41. The Bertz CT molecular complexity index is 329. The Kier molecular flexibility index (Phi) is 5.65. The zero-order chi connectivity index (χ0) is 12.6. The monoisotopic (exact) mass is 248 g/mol. The molecular formula is C15H24N2O. The summed E-state index contributed by atoms with van der Waals surface area (Å²) in [6, 6.07) is 9.02. The Labute approximate surface area is 110 Å². The molecule has 1 fully saturated rings. The first kappa shape index (κ1) is 13.5. The first-order chi connectivity index (χ1) is 8.88. The summed E-state index contributed by atoms with van der Waals surface area (Å²) in [4.78, 5) is 2.48. The zero-order valence-corrected chi connectivity index (χ0v) is 11.3. The molecule has 1 heterocycles. The molecule has 0 aliphatic carbocycles. The molecule has 3 nitrogen and oxygen atoms in total. The van der Waals surface area contributed by atoms with Gasteiger partial charge < -0.3 is 10.1 Å². The second-order valence-electron chi connectivity index (χ2n) is 4.91. The molecule has 1 aliphatic heterocycles. The summed E-state index contributed by atoms with van der Waals surface area (Å²) < 4.78 is 5.48. The molecule has 2 rings (SSSR count). The molecule has 1 aliphatic rings. The summed E-state index contributed by atoms with van der Waals surface area (Å²) in [5.74, 6) is 0. The minimum absolute atomic E-state index is 0.875. The van der Waals surface area contributed by atoms with E-state index in [2.05, 4.69) is 34.5 Å². The third kappa shape index (κ3) is 4.41. The van der Waals surface area contributed by atoms with Crippen LogP contribution in [-0.2, 0) is 17.7 Å². The molecule has 0 amide bonds. The van der Waals surface area contributed by atoms with E-state index < -0.39 is 0 Å². The average molecular weight is 248 g/mol. The zero-order valence-electron chi connectivity index (χ0n) is 11.3. The van der Waals surface area contributed by atoms with Gasteiger partial charge in [-0.3, -0.25) is 4.90 Å². The van der Waals surface area contributed by atoms with Crippen molar-refractivity contribution in [2.45, 2.75) is 19.4 Å². The van der Waals surface area contributed by atoms with Crippen molar-refractivity contribution in [1.82, 2.24) is 10.2 Å². The first-order valence-electron chi connectivity index (χ1n) is 6.91. The fourth-order valence-electron chi connectivity index (χ4n) is 2.29. The van der Waals surface area contributed by atoms with E-state index in [0.29, 0.717) is 0 Å². The molecule has 0 bridgehead atoms. The number of likely N-dealkylation sites (N-methyl/N-ethyl adjacent to an activating group) is 1. The Morgan fingerprint density at radius 1 is 1.11 bits per heavy atom. The maximum Gasteiger partial charge on any atom is 0.0593 e. The number of rotatable bonds is 5. The van der Waals surface area contributed by atoms with E-state index in [0.717, 1.165) is 52.2 Å². The van der Waals surface area contributed by atoms with Crippen LogP contribution < -0.4 is 5.32 Å². The van der Waals surface area contributed by atoms with Crippen LogP contribution in [0.1, 0.15) is 17.5 Å². The van der Waals surface area contributed by atoms with Crippen molar-refractivity contribution in [3.05, 3.63) is 35.4 Å². The lowest BCUT2D eigenvalue weighted by atomic mass is 10.1. The van der Waals surface area contributed by atoms with E-state index in [4.69, 9.17) is 4.74 Å². The summed E-state index contributed by atoms with van der Waals surface area (Å²) >= 11 is 0. The van der Waals surface area contributed by atoms with Crippen molar-refractivity contribution in [2.75, 3.05) is 39.9 Å². The van der Waals surface area contributed by atoms with Gasteiger partial charge in [-0.25, -0.2) is 0 Å². The maximum absolute atomic E-state index is 5.48. The van der Waals surface area contributed by atoms with E-state index in [1.54, 1.807) is 0 Å². The molecule has 0 saturated carbocycles. The minimum Gasteiger partial charge on any atom is -0.380 e. The van der Waals surface area contributed by atoms with Gasteiger partial charge in [-0.15, -0.1) is 0 Å². The number of ether oxygens (including phenoxy) is 1. The van der Waals surface area contributed by atoms with Crippen LogP contribution in [0.4, 0.5) is 0 Å². The van der Waals surface area contributed by atoms with Crippen molar-refractivity contribution < 1.29 is 4.74 Å². The van der Waals surface area contributed by atoms with Crippen molar-refractivity contribution in [1.29, 1.82) is 0 Å². The first-order valence-corrected chi connectivity index (χ1v) is 6.91. The number of nitrogens with zero attached hydrogens (tertiary/aromatic N) is 1. The summed E-state index contributed by atoms with van der Waals surface area (Å²) in [7, 11) is 2.00. The van der Waals surface area contributed by atoms with Crippen molar-refractivity contribution in [3.8, 4) is 0 Å². The summed E-state index contributed by atoms with van der Waals surface area (Å²) in [6.07, 6.45) is 2.26. The van der Waals surface area contributed by atoms with Crippen LogP contribution in [0.15, 0.2) is 24.3 Å². The molecule has 3 heteroatoms. The molecular weight excluding hydrogens is 224 g/mol. The predicted octanol–water partition coefficient (Wildman–Crippen LogP) is 1.67. The number of hydrogen-bond acceptors (Lipinski definition) is 3. The molecule has 1 saturated heterocycles. The molecule has 18 heavy (non-hydrogen) atoms. The molecule has 1 aromatic rings. The lowest BCUT2D eigenvalue weighted by molar-refractivity contribution is 0.140.